The second kappa shape index (κ2) is 7.00. The van der Waals surface area contributed by atoms with Crippen LogP contribution in [-0.2, 0) is 13.0 Å². The molecule has 3 heterocycles. The molecule has 0 saturated carbocycles. The van der Waals surface area contributed by atoms with Crippen LogP contribution in [0.2, 0.25) is 0 Å². The first-order chi connectivity index (χ1) is 12.2. The molecule has 0 saturated heterocycles. The van der Waals surface area contributed by atoms with Crippen LogP contribution >= 0.6 is 11.8 Å². The molecule has 2 aromatic heterocycles. The monoisotopic (exact) mass is 355 g/mol. The van der Waals surface area contributed by atoms with E-state index in [2.05, 4.69) is 38.8 Å². The Kier molecular flexibility index (Phi) is 4.57. The van der Waals surface area contributed by atoms with Crippen molar-refractivity contribution in [3.63, 3.8) is 0 Å². The molecule has 1 atom stereocenters. The second-order valence-corrected chi connectivity index (χ2v) is 7.74. The van der Waals surface area contributed by atoms with Gasteiger partial charge in [0.15, 0.2) is 5.16 Å². The summed E-state index contributed by atoms with van der Waals surface area (Å²) in [7, 11) is 0. The molecule has 6 nitrogen and oxygen atoms in total. The Morgan fingerprint density at radius 2 is 1.88 bits per heavy atom. The van der Waals surface area contributed by atoms with Crippen molar-refractivity contribution in [3.8, 4) is 11.5 Å². The molecule has 4 rings (SSSR count). The number of thioether (sulfide) groups is 1. The van der Waals surface area contributed by atoms with Gasteiger partial charge in [-0.1, -0.05) is 35.9 Å². The summed E-state index contributed by atoms with van der Waals surface area (Å²) in [5.74, 6) is 2.27. The topological polar surface area (TPSA) is 69.6 Å². The Morgan fingerprint density at radius 1 is 1.04 bits per heavy atom. The molecule has 3 aromatic rings. The first-order valence-corrected chi connectivity index (χ1v) is 9.58. The summed E-state index contributed by atoms with van der Waals surface area (Å²) >= 11 is 1.63. The van der Waals surface area contributed by atoms with Gasteiger partial charge in [-0.3, -0.25) is 0 Å². The quantitative estimate of drug-likeness (QED) is 0.653. The van der Waals surface area contributed by atoms with E-state index in [1.807, 2.05) is 24.3 Å². The van der Waals surface area contributed by atoms with Crippen molar-refractivity contribution in [1.29, 1.82) is 0 Å². The van der Waals surface area contributed by atoms with Crippen LogP contribution in [0.4, 0.5) is 0 Å². The minimum Gasteiger partial charge on any atom is -0.419 e. The number of benzene rings is 1. The van der Waals surface area contributed by atoms with Crippen molar-refractivity contribution in [3.05, 3.63) is 41.5 Å². The zero-order chi connectivity index (χ0) is 17.2. The molecule has 1 aliphatic rings. The summed E-state index contributed by atoms with van der Waals surface area (Å²) in [4.78, 5) is 0. The molecule has 0 unspecified atom stereocenters. The molecule has 130 valence electrons. The molecule has 0 aliphatic carbocycles. The van der Waals surface area contributed by atoms with Crippen LogP contribution in [0.1, 0.15) is 48.7 Å². The van der Waals surface area contributed by atoms with Gasteiger partial charge in [-0.05, 0) is 38.8 Å². The number of aromatic nitrogens is 5. The molecule has 25 heavy (non-hydrogen) atoms. The van der Waals surface area contributed by atoms with Crippen LogP contribution in [-0.4, -0.2) is 25.0 Å². The summed E-state index contributed by atoms with van der Waals surface area (Å²) in [6.07, 6.45) is 4.65. The second-order valence-electron chi connectivity index (χ2n) is 6.43. The van der Waals surface area contributed by atoms with Gasteiger partial charge < -0.3 is 8.98 Å². The molecule has 0 amide bonds. The number of nitrogens with zero attached hydrogens (tertiary/aromatic N) is 5. The van der Waals surface area contributed by atoms with Crippen molar-refractivity contribution < 1.29 is 4.42 Å². The SMILES string of the molecule is Cc1ccc(-c2nnc([C@@H](C)Sc3nnc4n3CCCCC4)o2)cc1. The third kappa shape index (κ3) is 3.46. The van der Waals surface area contributed by atoms with Crippen LogP contribution in [0, 0.1) is 6.92 Å². The molecular formula is C18H21N5OS. The van der Waals surface area contributed by atoms with Crippen molar-refractivity contribution >= 4 is 11.8 Å². The molecule has 0 fully saturated rings. The molecular weight excluding hydrogens is 334 g/mol. The highest BCUT2D eigenvalue weighted by Crippen LogP contribution is 2.35. The first kappa shape index (κ1) is 16.3. The van der Waals surface area contributed by atoms with Gasteiger partial charge in [-0.15, -0.1) is 20.4 Å². The first-order valence-electron chi connectivity index (χ1n) is 8.70. The van der Waals surface area contributed by atoms with E-state index in [1.165, 1.54) is 24.8 Å². The molecule has 0 radical (unpaired) electrons. The highest BCUT2D eigenvalue weighted by molar-refractivity contribution is 7.99. The predicted molar refractivity (Wildman–Crippen MR) is 96.3 cm³/mol. The number of fused-ring (bicyclic) bond motifs is 1. The van der Waals surface area contributed by atoms with Crippen molar-refractivity contribution in [2.75, 3.05) is 0 Å². The lowest BCUT2D eigenvalue weighted by atomic mass is 10.1. The molecule has 0 bridgehead atoms. The van der Waals surface area contributed by atoms with E-state index in [0.29, 0.717) is 11.8 Å². The number of rotatable bonds is 4. The van der Waals surface area contributed by atoms with Gasteiger partial charge >= 0.3 is 0 Å². The molecule has 1 aromatic carbocycles. The summed E-state index contributed by atoms with van der Waals surface area (Å²) in [5, 5.41) is 18.1. The maximum atomic E-state index is 5.89. The summed E-state index contributed by atoms with van der Waals surface area (Å²) < 4.78 is 8.13. The van der Waals surface area contributed by atoms with E-state index in [1.54, 1.807) is 11.8 Å². The largest absolute Gasteiger partial charge is 0.419 e. The average Bonchev–Trinajstić information content (AvgIpc) is 3.17. The van der Waals surface area contributed by atoms with Crippen LogP contribution in [0.5, 0.6) is 0 Å². The Balaban J connectivity index is 1.51. The molecule has 0 N–H and O–H groups in total. The highest BCUT2D eigenvalue weighted by Gasteiger charge is 2.21. The van der Waals surface area contributed by atoms with E-state index in [4.69, 9.17) is 4.42 Å². The zero-order valence-corrected chi connectivity index (χ0v) is 15.3. The Morgan fingerprint density at radius 3 is 2.72 bits per heavy atom. The Hall–Kier alpha value is -2.15. The van der Waals surface area contributed by atoms with Gasteiger partial charge in [0.2, 0.25) is 11.8 Å². The average molecular weight is 355 g/mol. The van der Waals surface area contributed by atoms with Crippen LogP contribution in [0.25, 0.3) is 11.5 Å². The van der Waals surface area contributed by atoms with Crippen LogP contribution in [0.15, 0.2) is 33.8 Å². The minimum absolute atomic E-state index is 0.0308. The van der Waals surface area contributed by atoms with E-state index in [-0.39, 0.29) is 5.25 Å². The van der Waals surface area contributed by atoms with Crippen LogP contribution in [0.3, 0.4) is 0 Å². The fraction of sp³-hybridized carbons (Fsp3) is 0.444. The van der Waals surface area contributed by atoms with Crippen LogP contribution < -0.4 is 0 Å². The maximum absolute atomic E-state index is 5.89. The number of hydrogen-bond donors (Lipinski definition) is 0. The van der Waals surface area contributed by atoms with Gasteiger partial charge in [0.25, 0.3) is 0 Å². The van der Waals surface area contributed by atoms with Crippen molar-refractivity contribution in [2.24, 2.45) is 0 Å². The lowest BCUT2D eigenvalue weighted by molar-refractivity contribution is 0.508. The fourth-order valence-electron chi connectivity index (χ4n) is 2.97. The Bertz CT molecular complexity index is 855. The summed E-state index contributed by atoms with van der Waals surface area (Å²) in [5.41, 5.74) is 2.15. The lowest BCUT2D eigenvalue weighted by Crippen LogP contribution is -2.03. The van der Waals surface area contributed by atoms with E-state index in [9.17, 15) is 0 Å². The van der Waals surface area contributed by atoms with Gasteiger partial charge in [-0.2, -0.15) is 0 Å². The summed E-state index contributed by atoms with van der Waals surface area (Å²) in [6, 6.07) is 8.09. The summed E-state index contributed by atoms with van der Waals surface area (Å²) in [6.45, 7) is 5.12. The zero-order valence-electron chi connectivity index (χ0n) is 14.5. The van der Waals surface area contributed by atoms with Gasteiger partial charge in [0.1, 0.15) is 5.82 Å². The van der Waals surface area contributed by atoms with E-state index < -0.39 is 0 Å². The predicted octanol–water partition coefficient (Wildman–Crippen LogP) is 4.22. The smallest absolute Gasteiger partial charge is 0.247 e. The molecule has 0 spiro atoms. The lowest BCUT2D eigenvalue weighted by Gasteiger charge is -2.09. The van der Waals surface area contributed by atoms with Gasteiger partial charge in [0.05, 0.1) is 5.25 Å². The molecule has 1 aliphatic heterocycles. The van der Waals surface area contributed by atoms with Gasteiger partial charge in [0, 0.05) is 18.5 Å². The third-order valence-corrected chi connectivity index (χ3v) is 5.51. The fourth-order valence-corrected chi connectivity index (χ4v) is 3.89. The normalized spacial score (nSPS) is 15.6. The maximum Gasteiger partial charge on any atom is 0.247 e. The standard InChI is InChI=1S/C18H21N5OS/c1-12-7-9-14(10-8-12)17-21-20-16(24-17)13(2)25-18-22-19-15-6-4-3-5-11-23(15)18/h7-10,13H,3-6,11H2,1-2H3/t13-/m1/s1. The molecule has 7 heteroatoms. The van der Waals surface area contributed by atoms with E-state index in [0.717, 1.165) is 29.5 Å². The van der Waals surface area contributed by atoms with Gasteiger partial charge in [-0.25, -0.2) is 0 Å². The Labute approximate surface area is 151 Å². The third-order valence-electron chi connectivity index (χ3n) is 4.44. The van der Waals surface area contributed by atoms with Crippen molar-refractivity contribution in [1.82, 2.24) is 25.0 Å². The van der Waals surface area contributed by atoms with Crippen molar-refractivity contribution in [2.45, 2.75) is 56.5 Å². The van der Waals surface area contributed by atoms with E-state index >= 15 is 0 Å². The number of aryl methyl sites for hydroxylation is 2. The highest BCUT2D eigenvalue weighted by atomic mass is 32.2. The number of hydrogen-bond acceptors (Lipinski definition) is 6. The minimum atomic E-state index is 0.0308.